The molecule has 0 fully saturated rings. The van der Waals surface area contributed by atoms with Crippen molar-refractivity contribution in [3.05, 3.63) is 206 Å². The van der Waals surface area contributed by atoms with E-state index < -0.39 is 0 Å². The Hall–Kier alpha value is -7.16. The van der Waals surface area contributed by atoms with Crippen LogP contribution in [0.15, 0.2) is 206 Å². The largest absolute Gasteiger partial charge is 0.310 e. The van der Waals surface area contributed by atoms with Gasteiger partial charge in [-0.25, -0.2) is 0 Å². The number of fused-ring (bicyclic) bond motifs is 11. The summed E-state index contributed by atoms with van der Waals surface area (Å²) >= 11 is 0. The molecule has 0 amide bonds. The second kappa shape index (κ2) is 12.2. The van der Waals surface area contributed by atoms with Gasteiger partial charge in [0, 0.05) is 38.9 Å². The van der Waals surface area contributed by atoms with Crippen molar-refractivity contribution in [2.75, 3.05) is 4.90 Å². The molecular formula is C52H34N2. The Morgan fingerprint density at radius 2 is 0.759 bits per heavy atom. The molecule has 0 atom stereocenters. The van der Waals surface area contributed by atoms with Crippen molar-refractivity contribution in [3.8, 4) is 16.8 Å². The molecule has 54 heavy (non-hydrogen) atoms. The minimum Gasteiger partial charge on any atom is -0.310 e. The Labute approximate surface area is 313 Å². The lowest BCUT2D eigenvalue weighted by Gasteiger charge is -2.27. The summed E-state index contributed by atoms with van der Waals surface area (Å²) in [6.07, 6.45) is 0. The van der Waals surface area contributed by atoms with E-state index in [0.29, 0.717) is 0 Å². The van der Waals surface area contributed by atoms with Crippen molar-refractivity contribution in [1.29, 1.82) is 0 Å². The van der Waals surface area contributed by atoms with Crippen molar-refractivity contribution in [2.45, 2.75) is 0 Å². The zero-order valence-electron chi connectivity index (χ0n) is 29.5. The molecule has 0 bridgehead atoms. The van der Waals surface area contributed by atoms with Crippen LogP contribution in [0, 0.1) is 0 Å². The van der Waals surface area contributed by atoms with Gasteiger partial charge in [-0.2, -0.15) is 0 Å². The van der Waals surface area contributed by atoms with Crippen LogP contribution in [0.5, 0.6) is 0 Å². The number of rotatable bonds is 5. The fourth-order valence-corrected chi connectivity index (χ4v) is 8.67. The highest BCUT2D eigenvalue weighted by Gasteiger charge is 2.19. The molecule has 1 aromatic heterocycles. The van der Waals surface area contributed by atoms with E-state index in [0.717, 1.165) is 22.7 Å². The molecule has 11 aromatic rings. The number of nitrogens with zero attached hydrogens (tertiary/aromatic N) is 2. The Kier molecular flexibility index (Phi) is 6.90. The normalized spacial score (nSPS) is 11.7. The number of hydrogen-bond acceptors (Lipinski definition) is 1. The fraction of sp³-hybridized carbons (Fsp3) is 0. The maximum Gasteiger partial charge on any atom is 0.0620 e. The van der Waals surface area contributed by atoms with Crippen molar-refractivity contribution in [2.24, 2.45) is 0 Å². The predicted molar refractivity (Wildman–Crippen MR) is 231 cm³/mol. The van der Waals surface area contributed by atoms with Crippen molar-refractivity contribution in [3.63, 3.8) is 0 Å². The monoisotopic (exact) mass is 686 g/mol. The smallest absolute Gasteiger partial charge is 0.0620 e. The quantitative estimate of drug-likeness (QED) is 0.164. The fourth-order valence-electron chi connectivity index (χ4n) is 8.67. The molecule has 2 heteroatoms. The van der Waals surface area contributed by atoms with Crippen molar-refractivity contribution >= 4 is 82.0 Å². The average molecular weight is 687 g/mol. The molecule has 10 aromatic carbocycles. The summed E-state index contributed by atoms with van der Waals surface area (Å²) < 4.78 is 2.43. The zero-order chi connectivity index (χ0) is 35.6. The number of aromatic nitrogens is 1. The minimum atomic E-state index is 1.11. The second-order valence-corrected chi connectivity index (χ2v) is 14.1. The molecule has 0 unspecified atom stereocenters. The molecule has 0 radical (unpaired) electrons. The van der Waals surface area contributed by atoms with E-state index in [4.69, 9.17) is 0 Å². The van der Waals surface area contributed by atoms with Gasteiger partial charge in [-0.1, -0.05) is 152 Å². The van der Waals surface area contributed by atoms with E-state index in [2.05, 4.69) is 216 Å². The van der Waals surface area contributed by atoms with Crippen LogP contribution in [0.2, 0.25) is 0 Å². The van der Waals surface area contributed by atoms with Crippen LogP contribution in [-0.2, 0) is 0 Å². The third kappa shape index (κ3) is 4.74. The number of para-hydroxylation sites is 2. The van der Waals surface area contributed by atoms with Crippen LogP contribution in [0.3, 0.4) is 0 Å². The number of anilines is 3. The van der Waals surface area contributed by atoms with Crippen LogP contribution in [0.25, 0.3) is 81.7 Å². The summed E-state index contributed by atoms with van der Waals surface area (Å²) in [7, 11) is 0. The van der Waals surface area contributed by atoms with Gasteiger partial charge in [0.15, 0.2) is 0 Å². The summed E-state index contributed by atoms with van der Waals surface area (Å²) in [6.45, 7) is 0. The zero-order valence-corrected chi connectivity index (χ0v) is 29.5. The van der Waals surface area contributed by atoms with Crippen LogP contribution >= 0.6 is 0 Å². The van der Waals surface area contributed by atoms with E-state index in [-0.39, 0.29) is 0 Å². The maximum atomic E-state index is 2.43. The SMILES string of the molecule is c1ccc(-c2ccc(N(c3ccc4c5ccccc5c5ccccc5c4c3)c3ccc4ccc5c6ccccc6n(-c6ccccc6)c5c4c3)cc2)cc1. The van der Waals surface area contributed by atoms with Crippen LogP contribution in [-0.4, -0.2) is 4.57 Å². The minimum absolute atomic E-state index is 1.11. The van der Waals surface area contributed by atoms with E-state index >= 15 is 0 Å². The van der Waals surface area contributed by atoms with Gasteiger partial charge in [0.1, 0.15) is 0 Å². The van der Waals surface area contributed by atoms with Crippen molar-refractivity contribution < 1.29 is 0 Å². The predicted octanol–water partition coefficient (Wildman–Crippen LogP) is 14.5. The number of benzene rings is 10. The molecule has 0 aliphatic rings. The first-order valence-corrected chi connectivity index (χ1v) is 18.6. The molecule has 0 spiro atoms. The first kappa shape index (κ1) is 30.5. The molecule has 0 aliphatic carbocycles. The lowest BCUT2D eigenvalue weighted by molar-refractivity contribution is 1.19. The Morgan fingerprint density at radius 1 is 0.296 bits per heavy atom. The lowest BCUT2D eigenvalue weighted by Crippen LogP contribution is -2.10. The second-order valence-electron chi connectivity index (χ2n) is 14.1. The molecule has 0 saturated carbocycles. The molecule has 0 saturated heterocycles. The highest BCUT2D eigenvalue weighted by Crippen LogP contribution is 2.43. The third-order valence-electron chi connectivity index (χ3n) is 11.1. The maximum absolute atomic E-state index is 2.43. The molecule has 1 heterocycles. The van der Waals surface area contributed by atoms with Crippen LogP contribution in [0.1, 0.15) is 0 Å². The van der Waals surface area contributed by atoms with Gasteiger partial charge in [0.25, 0.3) is 0 Å². The molecule has 0 N–H and O–H groups in total. The van der Waals surface area contributed by atoms with Gasteiger partial charge in [-0.05, 0) is 103 Å². The van der Waals surface area contributed by atoms with E-state index in [1.807, 2.05) is 0 Å². The Bertz CT molecular complexity index is 3160. The van der Waals surface area contributed by atoms with Gasteiger partial charge in [-0.15, -0.1) is 0 Å². The first-order valence-electron chi connectivity index (χ1n) is 18.6. The topological polar surface area (TPSA) is 8.17 Å². The van der Waals surface area contributed by atoms with Crippen molar-refractivity contribution in [1.82, 2.24) is 4.57 Å². The van der Waals surface area contributed by atoms with Gasteiger partial charge in [-0.3, -0.25) is 0 Å². The summed E-state index contributed by atoms with van der Waals surface area (Å²) in [5.41, 5.74) is 9.32. The summed E-state index contributed by atoms with van der Waals surface area (Å²) in [4.78, 5) is 2.42. The highest BCUT2D eigenvalue weighted by molar-refractivity contribution is 6.26. The van der Waals surface area contributed by atoms with Gasteiger partial charge >= 0.3 is 0 Å². The Balaban J connectivity index is 1.19. The third-order valence-corrected chi connectivity index (χ3v) is 11.1. The highest BCUT2D eigenvalue weighted by atomic mass is 15.1. The molecule has 0 aliphatic heterocycles. The summed E-state index contributed by atoms with van der Waals surface area (Å²) in [6, 6.07) is 75.3. The molecule has 252 valence electrons. The molecular weight excluding hydrogens is 653 g/mol. The standard InChI is InChI=1S/C52H34N2/c1-3-13-35(14-4-1)36-23-27-39(28-24-36)53(41-30-32-46-44-19-8-7-17-42(44)43-18-9-10-20-45(43)50(46)34-41)40-29-25-37-26-31-48-47-21-11-12-22-51(47)54(52(48)49(37)33-40)38-15-5-2-6-16-38/h1-34H. The summed E-state index contributed by atoms with van der Waals surface area (Å²) in [5.74, 6) is 0. The van der Waals surface area contributed by atoms with Gasteiger partial charge in [0.2, 0.25) is 0 Å². The van der Waals surface area contributed by atoms with Gasteiger partial charge < -0.3 is 9.47 Å². The number of hydrogen-bond donors (Lipinski definition) is 0. The van der Waals surface area contributed by atoms with Crippen LogP contribution < -0.4 is 4.90 Å². The Morgan fingerprint density at radius 3 is 1.44 bits per heavy atom. The molecule has 11 rings (SSSR count). The molecule has 2 nitrogen and oxygen atoms in total. The first-order chi connectivity index (χ1) is 26.8. The summed E-state index contributed by atoms with van der Waals surface area (Å²) in [5, 5.41) is 12.5. The van der Waals surface area contributed by atoms with Crippen LogP contribution in [0.4, 0.5) is 17.1 Å². The van der Waals surface area contributed by atoms with E-state index in [9.17, 15) is 0 Å². The lowest BCUT2D eigenvalue weighted by atomic mass is 9.94. The average Bonchev–Trinajstić information content (AvgIpc) is 3.60. The van der Waals surface area contributed by atoms with E-state index in [1.165, 1.54) is 76.0 Å². The van der Waals surface area contributed by atoms with Gasteiger partial charge in [0.05, 0.1) is 11.0 Å². The van der Waals surface area contributed by atoms with E-state index in [1.54, 1.807) is 0 Å².